The average molecular weight is 428 g/mol. The Balaban J connectivity index is 1.58. The van der Waals surface area contributed by atoms with Gasteiger partial charge in [-0.25, -0.2) is 9.59 Å². The summed E-state index contributed by atoms with van der Waals surface area (Å²) in [4.78, 5) is 48.3. The van der Waals surface area contributed by atoms with Crippen molar-refractivity contribution < 1.29 is 33.2 Å². The topological polar surface area (TPSA) is 113 Å². The molecule has 1 saturated heterocycles. The second-order valence-electron chi connectivity index (χ2n) is 7.07. The van der Waals surface area contributed by atoms with Crippen molar-refractivity contribution >= 4 is 35.2 Å². The highest BCUT2D eigenvalue weighted by Gasteiger charge is 2.44. The molecule has 1 aromatic rings. The molecule has 162 valence electrons. The first-order valence-electron chi connectivity index (χ1n) is 9.68. The zero-order valence-corrected chi connectivity index (χ0v) is 17.5. The molecule has 0 aliphatic carbocycles. The Kier molecular flexibility index (Phi) is 5.51. The third kappa shape index (κ3) is 3.79. The number of hydrogen-bond donors (Lipinski definition) is 0. The van der Waals surface area contributed by atoms with E-state index >= 15 is 0 Å². The fourth-order valence-electron chi connectivity index (χ4n) is 3.37. The lowest BCUT2D eigenvalue weighted by Crippen LogP contribution is -2.51. The largest absolute Gasteiger partial charge is 0.493 e. The van der Waals surface area contributed by atoms with Crippen LogP contribution >= 0.6 is 0 Å². The van der Waals surface area contributed by atoms with Crippen molar-refractivity contribution in [2.45, 2.75) is 0 Å². The molecule has 1 aromatic carbocycles. The van der Waals surface area contributed by atoms with Gasteiger partial charge in [-0.2, -0.15) is 14.5 Å². The Morgan fingerprint density at radius 3 is 2.65 bits per heavy atom. The molecule has 0 saturated carbocycles. The highest BCUT2D eigenvalue weighted by Crippen LogP contribution is 2.29. The number of imide groups is 1. The maximum absolute atomic E-state index is 12.4. The molecule has 3 aliphatic heterocycles. The summed E-state index contributed by atoms with van der Waals surface area (Å²) in [7, 11) is 4.42. The molecule has 11 heteroatoms. The zero-order chi connectivity index (χ0) is 22.1. The van der Waals surface area contributed by atoms with E-state index in [4.69, 9.17) is 14.2 Å². The molecule has 0 spiro atoms. The Labute approximate surface area is 178 Å². The summed E-state index contributed by atoms with van der Waals surface area (Å²) in [5, 5.41) is 0. The van der Waals surface area contributed by atoms with E-state index in [-0.39, 0.29) is 29.9 Å². The number of methoxy groups -OCH3 is 1. The number of hydrogen-bond acceptors (Lipinski definition) is 8. The van der Waals surface area contributed by atoms with Gasteiger partial charge in [0.05, 0.1) is 34.4 Å². The van der Waals surface area contributed by atoms with E-state index in [0.29, 0.717) is 43.4 Å². The number of amidine groups is 2. The lowest BCUT2D eigenvalue weighted by molar-refractivity contribution is -0.401. The van der Waals surface area contributed by atoms with Crippen LogP contribution in [0.4, 0.5) is 4.79 Å². The van der Waals surface area contributed by atoms with Crippen LogP contribution in [0.5, 0.6) is 11.5 Å². The summed E-state index contributed by atoms with van der Waals surface area (Å²) in [6.45, 7) is 1.92. The quantitative estimate of drug-likeness (QED) is 0.599. The highest BCUT2D eigenvalue weighted by atomic mass is 16.5. The minimum atomic E-state index is -0.516. The molecule has 0 unspecified atom stereocenters. The Bertz CT molecular complexity index is 1050. The van der Waals surface area contributed by atoms with Crippen LogP contribution in [0.3, 0.4) is 0 Å². The molecule has 0 bridgehead atoms. The SMILES string of the molecule is COc1ccc(C2=NC3=[N+](C)C(=O)N(C)C(=O)C3=N2)cc1OCC(=O)N1CCOCC1. The molecule has 11 nitrogen and oxygen atoms in total. The first-order valence-corrected chi connectivity index (χ1v) is 9.68. The number of nitrogens with zero attached hydrogens (tertiary/aromatic N) is 5. The number of carbonyl (C=O) groups is 3. The monoisotopic (exact) mass is 428 g/mol. The second-order valence-corrected chi connectivity index (χ2v) is 7.07. The Morgan fingerprint density at radius 2 is 1.94 bits per heavy atom. The number of fused-ring (bicyclic) bond motifs is 1. The minimum Gasteiger partial charge on any atom is -0.493 e. The predicted molar refractivity (Wildman–Crippen MR) is 109 cm³/mol. The molecule has 0 N–H and O–H groups in total. The maximum atomic E-state index is 12.4. The van der Waals surface area contributed by atoms with E-state index in [9.17, 15) is 14.4 Å². The van der Waals surface area contributed by atoms with Gasteiger partial charge in [0, 0.05) is 18.7 Å². The fourth-order valence-corrected chi connectivity index (χ4v) is 3.37. The molecule has 0 aromatic heterocycles. The highest BCUT2D eigenvalue weighted by molar-refractivity contribution is 6.70. The van der Waals surface area contributed by atoms with Crippen molar-refractivity contribution in [2.75, 3.05) is 54.1 Å². The van der Waals surface area contributed by atoms with Crippen molar-refractivity contribution in [3.8, 4) is 11.5 Å². The summed E-state index contributed by atoms with van der Waals surface area (Å²) in [6.07, 6.45) is 0. The van der Waals surface area contributed by atoms with Crippen LogP contribution in [-0.4, -0.2) is 104 Å². The first kappa shape index (κ1) is 20.7. The van der Waals surface area contributed by atoms with Crippen LogP contribution in [0.1, 0.15) is 5.56 Å². The first-order chi connectivity index (χ1) is 14.9. The number of aliphatic imine (C=N–C) groups is 2. The van der Waals surface area contributed by atoms with Gasteiger partial charge in [0.1, 0.15) is 0 Å². The smallest absolute Gasteiger partial charge is 0.446 e. The van der Waals surface area contributed by atoms with Crippen molar-refractivity contribution in [3.63, 3.8) is 0 Å². The summed E-state index contributed by atoms with van der Waals surface area (Å²) < 4.78 is 17.6. The van der Waals surface area contributed by atoms with Crippen molar-refractivity contribution in [1.82, 2.24) is 9.80 Å². The van der Waals surface area contributed by atoms with Crippen LogP contribution in [0.15, 0.2) is 28.2 Å². The summed E-state index contributed by atoms with van der Waals surface area (Å²) >= 11 is 0. The van der Waals surface area contributed by atoms with Crippen LogP contribution < -0.4 is 9.47 Å². The van der Waals surface area contributed by atoms with E-state index < -0.39 is 11.9 Å². The number of rotatable bonds is 5. The van der Waals surface area contributed by atoms with E-state index in [2.05, 4.69) is 9.98 Å². The van der Waals surface area contributed by atoms with Gasteiger partial charge in [-0.05, 0) is 18.2 Å². The standard InChI is InChI=1S/C20H22N5O6/c1-23-18-16(19(27)24(2)20(23)28)21-17(22-18)12-4-5-13(29-3)14(10-12)31-11-15(26)25-6-8-30-9-7-25/h4-5,10H,6-9,11H2,1-3H3/q+1. The van der Waals surface area contributed by atoms with E-state index in [1.807, 2.05) is 0 Å². The Hall–Kier alpha value is -3.60. The number of urea groups is 1. The molecule has 0 radical (unpaired) electrons. The van der Waals surface area contributed by atoms with Gasteiger partial charge in [0.2, 0.25) is 11.5 Å². The van der Waals surface area contributed by atoms with Gasteiger partial charge in [-0.1, -0.05) is 4.99 Å². The van der Waals surface area contributed by atoms with Crippen LogP contribution in [-0.2, 0) is 14.3 Å². The molecule has 1 fully saturated rings. The number of morpholine rings is 1. The van der Waals surface area contributed by atoms with Gasteiger partial charge in [-0.3, -0.25) is 4.79 Å². The lowest BCUT2D eigenvalue weighted by Gasteiger charge is -2.26. The number of carbonyl (C=O) groups excluding carboxylic acids is 3. The molecule has 3 aliphatic rings. The molecule has 31 heavy (non-hydrogen) atoms. The summed E-state index contributed by atoms with van der Waals surface area (Å²) in [6, 6.07) is 4.54. The van der Waals surface area contributed by atoms with Gasteiger partial charge in [0.25, 0.3) is 5.91 Å². The summed E-state index contributed by atoms with van der Waals surface area (Å²) in [5.74, 6) is 0.585. The van der Waals surface area contributed by atoms with Gasteiger partial charge in [0.15, 0.2) is 18.1 Å². The molecule has 4 rings (SSSR count). The third-order valence-corrected chi connectivity index (χ3v) is 5.18. The Morgan fingerprint density at radius 1 is 1.19 bits per heavy atom. The number of amides is 4. The molecule has 4 amide bonds. The van der Waals surface area contributed by atoms with E-state index in [0.717, 1.165) is 4.90 Å². The lowest BCUT2D eigenvalue weighted by atomic mass is 10.2. The van der Waals surface area contributed by atoms with E-state index in [1.165, 1.54) is 25.8 Å². The van der Waals surface area contributed by atoms with Gasteiger partial charge in [-0.15, -0.1) is 0 Å². The molecular formula is C20H22N5O6+. The van der Waals surface area contributed by atoms with Crippen LogP contribution in [0, 0.1) is 0 Å². The van der Waals surface area contributed by atoms with E-state index in [1.54, 1.807) is 23.1 Å². The molecule has 3 heterocycles. The number of ether oxygens (including phenoxy) is 3. The third-order valence-electron chi connectivity index (χ3n) is 5.18. The summed E-state index contributed by atoms with van der Waals surface area (Å²) in [5.41, 5.74) is 0.653. The predicted octanol–water partition coefficient (Wildman–Crippen LogP) is -0.233. The minimum absolute atomic E-state index is 0.0976. The second kappa shape index (κ2) is 8.26. The van der Waals surface area contributed by atoms with Crippen molar-refractivity contribution in [3.05, 3.63) is 23.8 Å². The van der Waals surface area contributed by atoms with Gasteiger partial charge >= 0.3 is 17.8 Å². The maximum Gasteiger partial charge on any atom is 0.446 e. The fraction of sp³-hybridized carbons (Fsp3) is 0.400. The van der Waals surface area contributed by atoms with Crippen molar-refractivity contribution in [2.24, 2.45) is 9.98 Å². The zero-order valence-electron chi connectivity index (χ0n) is 17.5. The molecular weight excluding hydrogens is 406 g/mol. The average Bonchev–Trinajstić information content (AvgIpc) is 3.26. The van der Waals surface area contributed by atoms with Gasteiger partial charge < -0.3 is 19.1 Å². The number of benzene rings is 1. The van der Waals surface area contributed by atoms with Crippen LogP contribution in [0.25, 0.3) is 0 Å². The van der Waals surface area contributed by atoms with Crippen LogP contribution in [0.2, 0.25) is 0 Å². The normalized spacial score (nSPS) is 18.7. The van der Waals surface area contributed by atoms with Crippen molar-refractivity contribution in [1.29, 1.82) is 0 Å². The molecule has 0 atom stereocenters.